The van der Waals surface area contributed by atoms with Gasteiger partial charge in [0.25, 0.3) is 5.91 Å². The third-order valence-electron chi connectivity index (χ3n) is 3.50. The van der Waals surface area contributed by atoms with Crippen LogP contribution in [0, 0.1) is 0 Å². The Kier molecular flexibility index (Phi) is 4.45. The molecular formula is C14H15ClN4OS. The molecule has 0 saturated carbocycles. The number of halogens is 1. The first-order valence-corrected chi connectivity index (χ1v) is 8.19. The number of nitrogens with zero attached hydrogens (tertiary/aromatic N) is 3. The Morgan fingerprint density at radius 2 is 2.24 bits per heavy atom. The topological polar surface area (TPSA) is 61.9 Å². The number of hydrogen-bond acceptors (Lipinski definition) is 4. The molecule has 1 aromatic carbocycles. The smallest absolute Gasteiger partial charge is 0.291 e. The van der Waals surface area contributed by atoms with Crippen LogP contribution in [0.3, 0.4) is 0 Å². The molecule has 110 valence electrons. The third-order valence-corrected chi connectivity index (χ3v) is 5.15. The average Bonchev–Trinajstić information content (AvgIpc) is 2.92. The lowest BCUT2D eigenvalue weighted by atomic mass is 10.1. The highest BCUT2D eigenvalue weighted by atomic mass is 35.5. The molecule has 1 saturated heterocycles. The number of rotatable bonds is 2. The quantitative estimate of drug-likeness (QED) is 0.923. The molecule has 0 aliphatic carbocycles. The minimum absolute atomic E-state index is 0.0899. The van der Waals surface area contributed by atoms with Gasteiger partial charge in [-0.05, 0) is 18.1 Å². The van der Waals surface area contributed by atoms with Gasteiger partial charge in [0.1, 0.15) is 6.33 Å². The van der Waals surface area contributed by atoms with Crippen molar-refractivity contribution in [1.29, 1.82) is 0 Å². The van der Waals surface area contributed by atoms with E-state index in [2.05, 4.69) is 21.2 Å². The average molecular weight is 323 g/mol. The Morgan fingerprint density at radius 1 is 1.38 bits per heavy atom. The normalized spacial score (nSPS) is 19.3. The van der Waals surface area contributed by atoms with Crippen molar-refractivity contribution in [3.63, 3.8) is 0 Å². The van der Waals surface area contributed by atoms with Crippen molar-refractivity contribution < 1.29 is 4.79 Å². The zero-order valence-electron chi connectivity index (χ0n) is 11.3. The lowest BCUT2D eigenvalue weighted by Crippen LogP contribution is -2.33. The van der Waals surface area contributed by atoms with Crippen LogP contribution in [0.25, 0.3) is 0 Å². The molecule has 1 fully saturated rings. The van der Waals surface area contributed by atoms with Crippen molar-refractivity contribution in [1.82, 2.24) is 20.1 Å². The van der Waals surface area contributed by atoms with E-state index in [1.165, 1.54) is 6.33 Å². The van der Waals surface area contributed by atoms with Crippen molar-refractivity contribution in [3.05, 3.63) is 47.0 Å². The second kappa shape index (κ2) is 6.49. The maximum absolute atomic E-state index is 12.3. The zero-order chi connectivity index (χ0) is 14.7. The number of hydrogen-bond donors (Lipinski definition) is 1. The molecule has 7 heteroatoms. The molecular weight excluding hydrogens is 308 g/mol. The molecule has 1 amide bonds. The van der Waals surface area contributed by atoms with Crippen LogP contribution in [0.2, 0.25) is 5.02 Å². The number of carbonyl (C=O) groups excluding carboxylic acids is 1. The summed E-state index contributed by atoms with van der Waals surface area (Å²) in [6.07, 6.45) is 2.24. The van der Waals surface area contributed by atoms with Crippen LogP contribution >= 0.6 is 23.4 Å². The molecule has 1 atom stereocenters. The summed E-state index contributed by atoms with van der Waals surface area (Å²) in [5.74, 6) is 1.10. The Morgan fingerprint density at radius 3 is 3.00 bits per heavy atom. The molecule has 1 aliphatic heterocycles. The van der Waals surface area contributed by atoms with Gasteiger partial charge in [-0.25, -0.2) is 4.98 Å². The second-order valence-corrected chi connectivity index (χ2v) is 6.51. The molecule has 0 spiro atoms. The van der Waals surface area contributed by atoms with Crippen molar-refractivity contribution in [2.75, 3.05) is 18.8 Å². The molecule has 1 aliphatic rings. The monoisotopic (exact) mass is 322 g/mol. The molecule has 1 N–H and O–H groups in total. The maximum atomic E-state index is 12.3. The first-order chi connectivity index (χ1) is 10.3. The van der Waals surface area contributed by atoms with Gasteiger partial charge < -0.3 is 4.90 Å². The molecule has 2 aromatic rings. The summed E-state index contributed by atoms with van der Waals surface area (Å²) in [7, 11) is 0. The van der Waals surface area contributed by atoms with Crippen molar-refractivity contribution in [3.8, 4) is 0 Å². The minimum Gasteiger partial charge on any atom is -0.335 e. The van der Waals surface area contributed by atoms with E-state index in [4.69, 9.17) is 11.6 Å². The summed E-state index contributed by atoms with van der Waals surface area (Å²) < 4.78 is 0. The molecule has 0 bridgehead atoms. The predicted octanol–water partition coefficient (Wildman–Crippen LogP) is 2.78. The molecule has 0 unspecified atom stereocenters. The highest BCUT2D eigenvalue weighted by Crippen LogP contribution is 2.37. The lowest BCUT2D eigenvalue weighted by Gasteiger charge is -2.19. The van der Waals surface area contributed by atoms with E-state index in [1.807, 2.05) is 34.9 Å². The molecule has 2 heterocycles. The van der Waals surface area contributed by atoms with Crippen LogP contribution in [0.15, 0.2) is 30.6 Å². The maximum Gasteiger partial charge on any atom is 0.291 e. The van der Waals surface area contributed by atoms with Gasteiger partial charge in [0.15, 0.2) is 0 Å². The molecule has 3 rings (SSSR count). The second-order valence-electron chi connectivity index (χ2n) is 4.80. The first-order valence-electron chi connectivity index (χ1n) is 6.76. The zero-order valence-corrected chi connectivity index (χ0v) is 12.9. The van der Waals surface area contributed by atoms with Gasteiger partial charge in [0.05, 0.1) is 0 Å². The summed E-state index contributed by atoms with van der Waals surface area (Å²) in [4.78, 5) is 18.0. The third kappa shape index (κ3) is 3.22. The Hall–Kier alpha value is -1.53. The number of aromatic nitrogens is 3. The highest BCUT2D eigenvalue weighted by molar-refractivity contribution is 7.99. The Labute approximate surface area is 132 Å². The van der Waals surface area contributed by atoms with E-state index in [-0.39, 0.29) is 5.91 Å². The summed E-state index contributed by atoms with van der Waals surface area (Å²) >= 11 is 8.12. The molecule has 0 radical (unpaired) electrons. The van der Waals surface area contributed by atoms with Crippen LogP contribution in [0.4, 0.5) is 0 Å². The number of amides is 1. The minimum atomic E-state index is -0.0899. The Bertz CT molecular complexity index is 619. The summed E-state index contributed by atoms with van der Waals surface area (Å²) in [5, 5.41) is 7.48. The van der Waals surface area contributed by atoms with Crippen molar-refractivity contribution in [2.45, 2.75) is 11.7 Å². The number of carbonyl (C=O) groups is 1. The van der Waals surface area contributed by atoms with Gasteiger partial charge >= 0.3 is 0 Å². The number of benzene rings is 1. The number of nitrogens with one attached hydrogen (secondary N) is 1. The fraction of sp³-hybridized carbons (Fsp3) is 0.357. The summed E-state index contributed by atoms with van der Waals surface area (Å²) in [5.41, 5.74) is 1.15. The van der Waals surface area contributed by atoms with Crippen LogP contribution in [-0.4, -0.2) is 44.8 Å². The summed E-state index contributed by atoms with van der Waals surface area (Å²) in [6.45, 7) is 1.41. The predicted molar refractivity (Wildman–Crippen MR) is 83.6 cm³/mol. The fourth-order valence-electron chi connectivity index (χ4n) is 2.42. The van der Waals surface area contributed by atoms with E-state index >= 15 is 0 Å². The van der Waals surface area contributed by atoms with Gasteiger partial charge in [0, 0.05) is 29.1 Å². The van der Waals surface area contributed by atoms with Gasteiger partial charge in [-0.2, -0.15) is 16.9 Å². The van der Waals surface area contributed by atoms with E-state index in [0.29, 0.717) is 24.2 Å². The molecule has 5 nitrogen and oxygen atoms in total. The van der Waals surface area contributed by atoms with E-state index < -0.39 is 0 Å². The van der Waals surface area contributed by atoms with Crippen molar-refractivity contribution >= 4 is 29.3 Å². The number of aromatic amines is 1. The van der Waals surface area contributed by atoms with Crippen LogP contribution in [0.1, 0.15) is 27.9 Å². The SMILES string of the molecule is O=C(c1ncn[nH]1)N1CCS[C@H](c2ccccc2Cl)CC1. The Balaban J connectivity index is 1.70. The number of H-pyrrole nitrogens is 1. The van der Waals surface area contributed by atoms with Gasteiger partial charge in [-0.1, -0.05) is 29.8 Å². The van der Waals surface area contributed by atoms with E-state index in [0.717, 1.165) is 22.8 Å². The van der Waals surface area contributed by atoms with E-state index in [9.17, 15) is 4.79 Å². The molecule has 1 aromatic heterocycles. The standard InChI is InChI=1S/C14H15ClN4OS/c15-11-4-2-1-3-10(11)12-5-6-19(7-8-21-12)14(20)13-16-9-17-18-13/h1-4,9,12H,5-8H2,(H,16,17,18)/t12-/m0/s1. The van der Waals surface area contributed by atoms with Gasteiger partial charge in [-0.3, -0.25) is 9.89 Å². The van der Waals surface area contributed by atoms with Crippen molar-refractivity contribution in [2.24, 2.45) is 0 Å². The lowest BCUT2D eigenvalue weighted by molar-refractivity contribution is 0.0755. The van der Waals surface area contributed by atoms with Crippen LogP contribution in [0.5, 0.6) is 0 Å². The number of thioether (sulfide) groups is 1. The first kappa shape index (κ1) is 14.4. The largest absolute Gasteiger partial charge is 0.335 e. The van der Waals surface area contributed by atoms with Gasteiger partial charge in [-0.15, -0.1) is 0 Å². The van der Waals surface area contributed by atoms with Crippen LogP contribution < -0.4 is 0 Å². The fourth-order valence-corrected chi connectivity index (χ4v) is 4.02. The van der Waals surface area contributed by atoms with Crippen LogP contribution in [-0.2, 0) is 0 Å². The molecule has 21 heavy (non-hydrogen) atoms. The van der Waals surface area contributed by atoms with E-state index in [1.54, 1.807) is 0 Å². The highest BCUT2D eigenvalue weighted by Gasteiger charge is 2.25. The summed E-state index contributed by atoms with van der Waals surface area (Å²) in [6, 6.07) is 7.92. The van der Waals surface area contributed by atoms with Gasteiger partial charge in [0.2, 0.25) is 5.82 Å².